The second-order valence-electron chi connectivity index (χ2n) is 8.93. The molecule has 0 unspecified atom stereocenters. The maximum Gasteiger partial charge on any atom is 0.408 e. The van der Waals surface area contributed by atoms with Crippen molar-refractivity contribution >= 4 is 18.0 Å². The Morgan fingerprint density at radius 1 is 1.03 bits per heavy atom. The molecule has 1 fully saturated rings. The molecule has 0 saturated carbocycles. The average Bonchev–Trinajstić information content (AvgIpc) is 2.61. The van der Waals surface area contributed by atoms with E-state index in [1.54, 1.807) is 6.92 Å². The number of nitrogens with zero attached hydrogens (tertiary/aromatic N) is 1. The molecular weight excluding hydrogens is 376 g/mol. The van der Waals surface area contributed by atoms with Crippen LogP contribution in [0.15, 0.2) is 25.3 Å². The highest BCUT2D eigenvalue weighted by Gasteiger charge is 2.44. The number of rotatable bonds is 8. The van der Waals surface area contributed by atoms with Crippen LogP contribution in [0, 0.1) is 0 Å². The fraction of sp³-hybridized carbons (Fsp3) is 0.667. The minimum Gasteiger partial charge on any atom is -0.460 e. The number of hydrogen-bond acceptors (Lipinski definition) is 7. The lowest BCUT2D eigenvalue weighted by molar-refractivity contribution is -0.144. The quantitative estimate of drug-likeness (QED) is 0.373. The minimum absolute atomic E-state index is 0.144. The summed E-state index contributed by atoms with van der Waals surface area (Å²) < 4.78 is 15.8. The molecule has 29 heavy (non-hydrogen) atoms. The molecule has 1 aliphatic heterocycles. The molecule has 1 N–H and O–H groups in total. The first-order chi connectivity index (χ1) is 13.2. The number of alkyl carbamates (subject to hydrolysis) is 1. The van der Waals surface area contributed by atoms with Gasteiger partial charge in [-0.05, 0) is 41.7 Å². The lowest BCUT2D eigenvalue weighted by atomic mass is 9.79. The van der Waals surface area contributed by atoms with Gasteiger partial charge in [-0.25, -0.2) is 14.4 Å². The maximum atomic E-state index is 12.6. The molecule has 8 nitrogen and oxygen atoms in total. The summed E-state index contributed by atoms with van der Waals surface area (Å²) in [6.45, 7) is 16.2. The summed E-state index contributed by atoms with van der Waals surface area (Å²) in [5, 5.41) is 2.67. The number of esters is 2. The van der Waals surface area contributed by atoms with E-state index in [1.807, 2.05) is 0 Å². The Kier molecular flexibility index (Phi) is 8.03. The summed E-state index contributed by atoms with van der Waals surface area (Å²) in [4.78, 5) is 37.7. The van der Waals surface area contributed by atoms with Crippen LogP contribution >= 0.6 is 0 Å². The number of carbonyl (C=O) groups is 3. The van der Waals surface area contributed by atoms with Gasteiger partial charge >= 0.3 is 18.0 Å². The van der Waals surface area contributed by atoms with Gasteiger partial charge in [-0.2, -0.15) is 0 Å². The van der Waals surface area contributed by atoms with E-state index in [0.29, 0.717) is 12.8 Å². The fourth-order valence-corrected chi connectivity index (χ4v) is 3.48. The maximum absolute atomic E-state index is 12.6. The summed E-state index contributed by atoms with van der Waals surface area (Å²) in [6, 6.07) is 0. The van der Waals surface area contributed by atoms with E-state index in [1.165, 1.54) is 0 Å². The topological polar surface area (TPSA) is 94.2 Å². The first-order valence-electron chi connectivity index (χ1n) is 9.56. The van der Waals surface area contributed by atoms with Crippen LogP contribution < -0.4 is 5.32 Å². The fourth-order valence-electron chi connectivity index (χ4n) is 3.48. The summed E-state index contributed by atoms with van der Waals surface area (Å²) >= 11 is 0. The van der Waals surface area contributed by atoms with Crippen molar-refractivity contribution in [2.75, 3.05) is 20.3 Å². The Bertz CT molecular complexity index is 614. The number of carbonyl (C=O) groups excluding carboxylic acids is 3. The van der Waals surface area contributed by atoms with Crippen LogP contribution in [0.1, 0.15) is 47.5 Å². The van der Waals surface area contributed by atoms with Crippen molar-refractivity contribution in [2.24, 2.45) is 0 Å². The predicted molar refractivity (Wildman–Crippen MR) is 109 cm³/mol. The van der Waals surface area contributed by atoms with Crippen molar-refractivity contribution in [3.8, 4) is 0 Å². The van der Waals surface area contributed by atoms with Crippen LogP contribution in [0.5, 0.6) is 0 Å². The van der Waals surface area contributed by atoms with Gasteiger partial charge in [0.05, 0.1) is 0 Å². The molecule has 0 aromatic heterocycles. The molecule has 1 aliphatic rings. The van der Waals surface area contributed by atoms with E-state index in [2.05, 4.69) is 58.1 Å². The van der Waals surface area contributed by atoms with Crippen LogP contribution in [0.4, 0.5) is 4.79 Å². The highest BCUT2D eigenvalue weighted by Crippen LogP contribution is 2.38. The monoisotopic (exact) mass is 410 g/mol. The molecule has 0 atom stereocenters. The first kappa shape index (κ1) is 24.7. The molecule has 1 heterocycles. The molecule has 0 bridgehead atoms. The van der Waals surface area contributed by atoms with Crippen molar-refractivity contribution in [1.29, 1.82) is 0 Å². The lowest BCUT2D eigenvalue weighted by Gasteiger charge is -2.53. The van der Waals surface area contributed by atoms with E-state index in [4.69, 9.17) is 14.2 Å². The van der Waals surface area contributed by atoms with Crippen LogP contribution in [0.3, 0.4) is 0 Å². The third kappa shape index (κ3) is 7.20. The Morgan fingerprint density at radius 3 is 1.83 bits per heavy atom. The number of likely N-dealkylation sites (tertiary alicyclic amines) is 1. The zero-order valence-corrected chi connectivity index (χ0v) is 18.4. The van der Waals surface area contributed by atoms with Gasteiger partial charge in [-0.1, -0.05) is 13.2 Å². The number of nitrogens with one attached hydrogen (secondary N) is 1. The lowest BCUT2D eigenvalue weighted by Crippen LogP contribution is -2.61. The molecule has 1 rings (SSSR count). The van der Waals surface area contributed by atoms with Crippen LogP contribution in [0.25, 0.3) is 0 Å². The number of hydrogen-bond donors (Lipinski definition) is 1. The molecule has 1 amide bonds. The predicted octanol–water partition coefficient (Wildman–Crippen LogP) is 2.58. The average molecular weight is 411 g/mol. The molecular formula is C21H34N2O6. The Morgan fingerprint density at radius 2 is 1.45 bits per heavy atom. The van der Waals surface area contributed by atoms with Crippen molar-refractivity contribution < 1.29 is 28.6 Å². The van der Waals surface area contributed by atoms with Gasteiger partial charge in [0.25, 0.3) is 0 Å². The van der Waals surface area contributed by atoms with Crippen molar-refractivity contribution in [1.82, 2.24) is 10.2 Å². The van der Waals surface area contributed by atoms with E-state index < -0.39 is 23.6 Å². The van der Waals surface area contributed by atoms with E-state index >= 15 is 0 Å². The van der Waals surface area contributed by atoms with Gasteiger partial charge < -0.3 is 19.5 Å². The SMILES string of the molecule is C=CC(=O)OCC(C)(COC(=O)C=C)NC(=O)OC1CC(C)(C)N(C)C(C)(C)C1. The normalized spacial score (nSPS) is 19.0. The number of amides is 1. The highest BCUT2D eigenvalue weighted by atomic mass is 16.6. The summed E-state index contributed by atoms with van der Waals surface area (Å²) in [6.07, 6.45) is 2.42. The van der Waals surface area contributed by atoms with Crippen molar-refractivity contribution in [2.45, 2.75) is 70.2 Å². The Balaban J connectivity index is 2.82. The second kappa shape index (κ2) is 9.43. The molecule has 1 saturated heterocycles. The molecule has 8 heteroatoms. The molecule has 164 valence electrons. The zero-order chi connectivity index (χ0) is 22.5. The minimum atomic E-state index is -1.18. The largest absolute Gasteiger partial charge is 0.460 e. The third-order valence-corrected chi connectivity index (χ3v) is 5.35. The van der Waals surface area contributed by atoms with E-state index in [0.717, 1.165) is 12.2 Å². The third-order valence-electron chi connectivity index (χ3n) is 5.35. The summed E-state index contributed by atoms with van der Waals surface area (Å²) in [7, 11) is 2.06. The van der Waals surface area contributed by atoms with Crippen LogP contribution in [-0.2, 0) is 23.8 Å². The van der Waals surface area contributed by atoms with Gasteiger partial charge in [0.15, 0.2) is 0 Å². The summed E-state index contributed by atoms with van der Waals surface area (Å²) in [5.41, 5.74) is -1.46. The summed E-state index contributed by atoms with van der Waals surface area (Å²) in [5.74, 6) is -1.31. The highest BCUT2D eigenvalue weighted by molar-refractivity contribution is 5.82. The Labute approximate surface area is 173 Å². The smallest absolute Gasteiger partial charge is 0.408 e. The van der Waals surface area contributed by atoms with E-state index in [9.17, 15) is 14.4 Å². The standard InChI is InChI=1S/C21H34N2O6/c1-9-16(24)27-13-21(7,14-28-17(25)10-2)22-18(26)29-15-11-19(3,4)23(8)20(5,6)12-15/h9-10,15H,1-2,11-14H2,3-8H3,(H,22,26). The molecule has 0 aromatic rings. The van der Waals surface area contributed by atoms with Gasteiger partial charge in [0.1, 0.15) is 24.9 Å². The molecule has 0 aliphatic carbocycles. The van der Waals surface area contributed by atoms with Gasteiger partial charge in [0.2, 0.25) is 0 Å². The van der Waals surface area contributed by atoms with Gasteiger partial charge in [-0.15, -0.1) is 0 Å². The zero-order valence-electron chi connectivity index (χ0n) is 18.4. The Hall–Kier alpha value is -2.35. The number of piperidine rings is 1. The van der Waals surface area contributed by atoms with Crippen molar-refractivity contribution in [3.63, 3.8) is 0 Å². The van der Waals surface area contributed by atoms with E-state index in [-0.39, 0.29) is 30.4 Å². The number of ether oxygens (including phenoxy) is 3. The molecule has 0 radical (unpaired) electrons. The van der Waals surface area contributed by atoms with Crippen LogP contribution in [0.2, 0.25) is 0 Å². The molecule has 0 spiro atoms. The van der Waals surface area contributed by atoms with Crippen LogP contribution in [-0.4, -0.2) is 65.9 Å². The molecule has 0 aromatic carbocycles. The first-order valence-corrected chi connectivity index (χ1v) is 9.56. The van der Waals surface area contributed by atoms with Gasteiger partial charge in [0, 0.05) is 36.1 Å². The second-order valence-corrected chi connectivity index (χ2v) is 8.93. The van der Waals surface area contributed by atoms with Crippen molar-refractivity contribution in [3.05, 3.63) is 25.3 Å². The van der Waals surface area contributed by atoms with Gasteiger partial charge in [-0.3, -0.25) is 4.90 Å².